The second-order valence-corrected chi connectivity index (χ2v) is 9.49. The number of para-hydroxylation sites is 2. The Morgan fingerprint density at radius 3 is 2.55 bits per heavy atom. The SMILES string of the molecule is CCOc1ccccc1NC(=O)C(C)Sc1nnc(N2CCCCC2)n1-c1ccc(C)cc1. The number of nitrogens with one attached hydrogen (secondary N) is 1. The lowest BCUT2D eigenvalue weighted by atomic mass is 10.1. The molecule has 1 aromatic heterocycles. The molecular formula is C25H31N5O2S. The van der Waals surface area contributed by atoms with E-state index in [1.54, 1.807) is 0 Å². The normalized spacial score (nSPS) is 14.7. The summed E-state index contributed by atoms with van der Waals surface area (Å²) in [7, 11) is 0. The van der Waals surface area contributed by atoms with Gasteiger partial charge in [0.1, 0.15) is 5.75 Å². The van der Waals surface area contributed by atoms with Crippen molar-refractivity contribution in [3.05, 3.63) is 54.1 Å². The third kappa shape index (κ3) is 5.50. The quantitative estimate of drug-likeness (QED) is 0.468. The smallest absolute Gasteiger partial charge is 0.237 e. The molecule has 33 heavy (non-hydrogen) atoms. The van der Waals surface area contributed by atoms with Crippen molar-refractivity contribution in [3.63, 3.8) is 0 Å². The number of aromatic nitrogens is 3. The molecule has 2 aromatic carbocycles. The summed E-state index contributed by atoms with van der Waals surface area (Å²) >= 11 is 1.41. The first-order valence-electron chi connectivity index (χ1n) is 11.5. The molecule has 7 nitrogen and oxygen atoms in total. The van der Waals surface area contributed by atoms with E-state index in [2.05, 4.69) is 56.2 Å². The van der Waals surface area contributed by atoms with Crippen LogP contribution in [0, 0.1) is 6.92 Å². The first-order chi connectivity index (χ1) is 16.1. The van der Waals surface area contributed by atoms with Crippen molar-refractivity contribution in [3.8, 4) is 11.4 Å². The average Bonchev–Trinajstić information content (AvgIpc) is 3.25. The van der Waals surface area contributed by atoms with E-state index in [0.717, 1.165) is 37.6 Å². The first-order valence-corrected chi connectivity index (χ1v) is 12.4. The summed E-state index contributed by atoms with van der Waals surface area (Å²) in [6, 6.07) is 15.8. The molecule has 1 fully saturated rings. The minimum absolute atomic E-state index is 0.106. The maximum absolute atomic E-state index is 13.0. The van der Waals surface area contributed by atoms with Gasteiger partial charge in [0.15, 0.2) is 5.16 Å². The van der Waals surface area contributed by atoms with Crippen LogP contribution in [0.3, 0.4) is 0 Å². The standard InChI is InChI=1S/C25H31N5O2S/c1-4-32-22-11-7-6-10-21(22)26-23(31)19(3)33-25-28-27-24(29-16-8-5-9-17-29)30(25)20-14-12-18(2)13-15-20/h6-7,10-15,19H,4-5,8-9,16-17H2,1-3H3,(H,26,31). The lowest BCUT2D eigenvalue weighted by molar-refractivity contribution is -0.115. The highest BCUT2D eigenvalue weighted by Gasteiger charge is 2.25. The van der Waals surface area contributed by atoms with E-state index >= 15 is 0 Å². The Hall–Kier alpha value is -3.00. The van der Waals surface area contributed by atoms with Gasteiger partial charge in [-0.2, -0.15) is 0 Å². The van der Waals surface area contributed by atoms with E-state index in [1.165, 1.54) is 23.7 Å². The van der Waals surface area contributed by atoms with Crippen molar-refractivity contribution in [1.82, 2.24) is 14.8 Å². The lowest BCUT2D eigenvalue weighted by Gasteiger charge is -2.28. The molecular weight excluding hydrogens is 434 g/mol. The summed E-state index contributed by atoms with van der Waals surface area (Å²) in [5, 5.41) is 12.4. The summed E-state index contributed by atoms with van der Waals surface area (Å²) in [5.74, 6) is 1.40. The van der Waals surface area contributed by atoms with Gasteiger partial charge in [0.05, 0.1) is 23.2 Å². The fraction of sp³-hybridized carbons (Fsp3) is 0.400. The van der Waals surface area contributed by atoms with E-state index in [1.807, 2.05) is 38.1 Å². The van der Waals surface area contributed by atoms with E-state index in [-0.39, 0.29) is 11.2 Å². The number of hydrogen-bond acceptors (Lipinski definition) is 6. The molecule has 3 aromatic rings. The molecule has 0 aliphatic carbocycles. The highest BCUT2D eigenvalue weighted by Crippen LogP contribution is 2.32. The van der Waals surface area contributed by atoms with Gasteiger partial charge < -0.3 is 15.0 Å². The predicted octanol–water partition coefficient (Wildman–Crippen LogP) is 5.08. The van der Waals surface area contributed by atoms with Gasteiger partial charge in [-0.1, -0.05) is 41.6 Å². The van der Waals surface area contributed by atoms with Crippen LogP contribution in [0.4, 0.5) is 11.6 Å². The molecule has 1 unspecified atom stereocenters. The number of carbonyl (C=O) groups excluding carboxylic acids is 1. The molecule has 0 spiro atoms. The fourth-order valence-electron chi connectivity index (χ4n) is 3.85. The Morgan fingerprint density at radius 1 is 1.09 bits per heavy atom. The van der Waals surface area contributed by atoms with Crippen LogP contribution in [0.1, 0.15) is 38.7 Å². The largest absolute Gasteiger partial charge is 0.492 e. The molecule has 1 N–H and O–H groups in total. The van der Waals surface area contributed by atoms with Crippen LogP contribution < -0.4 is 15.0 Å². The van der Waals surface area contributed by atoms with Crippen LogP contribution in [0.15, 0.2) is 53.7 Å². The van der Waals surface area contributed by atoms with E-state index in [9.17, 15) is 4.79 Å². The number of thioether (sulfide) groups is 1. The number of nitrogens with zero attached hydrogens (tertiary/aromatic N) is 4. The molecule has 1 aliphatic rings. The number of ether oxygens (including phenoxy) is 1. The molecule has 1 amide bonds. The van der Waals surface area contributed by atoms with Crippen molar-refractivity contribution in [2.45, 2.75) is 50.4 Å². The van der Waals surface area contributed by atoms with Gasteiger partial charge in [-0.25, -0.2) is 0 Å². The Labute approximate surface area is 199 Å². The van der Waals surface area contributed by atoms with Crippen molar-refractivity contribution in [2.75, 3.05) is 29.9 Å². The zero-order chi connectivity index (χ0) is 23.2. The number of aryl methyl sites for hydroxylation is 1. The van der Waals surface area contributed by atoms with Crippen molar-refractivity contribution >= 4 is 29.3 Å². The van der Waals surface area contributed by atoms with Crippen LogP contribution in [0.25, 0.3) is 5.69 Å². The molecule has 1 atom stereocenters. The Morgan fingerprint density at radius 2 is 1.82 bits per heavy atom. The minimum Gasteiger partial charge on any atom is -0.492 e. The fourth-order valence-corrected chi connectivity index (χ4v) is 4.72. The van der Waals surface area contributed by atoms with Gasteiger partial charge in [-0.15, -0.1) is 10.2 Å². The lowest BCUT2D eigenvalue weighted by Crippen LogP contribution is -2.31. The Balaban J connectivity index is 1.57. The monoisotopic (exact) mass is 465 g/mol. The average molecular weight is 466 g/mol. The van der Waals surface area contributed by atoms with Crippen molar-refractivity contribution < 1.29 is 9.53 Å². The van der Waals surface area contributed by atoms with Gasteiger partial charge in [0.25, 0.3) is 0 Å². The first kappa shape index (κ1) is 23.2. The summed E-state index contributed by atoms with van der Waals surface area (Å²) in [5.41, 5.74) is 2.87. The number of anilines is 2. The van der Waals surface area contributed by atoms with Crippen LogP contribution in [0.5, 0.6) is 5.75 Å². The number of piperidine rings is 1. The van der Waals surface area contributed by atoms with Crippen LogP contribution in [-0.4, -0.2) is 45.6 Å². The number of rotatable bonds is 8. The molecule has 8 heteroatoms. The Bertz CT molecular complexity index is 1080. The second-order valence-electron chi connectivity index (χ2n) is 8.18. The van der Waals surface area contributed by atoms with Crippen LogP contribution >= 0.6 is 11.8 Å². The van der Waals surface area contributed by atoms with Gasteiger partial charge in [0, 0.05) is 13.1 Å². The molecule has 0 bridgehead atoms. The molecule has 4 rings (SSSR count). The van der Waals surface area contributed by atoms with Gasteiger partial charge in [-0.05, 0) is 64.3 Å². The highest BCUT2D eigenvalue weighted by atomic mass is 32.2. The van der Waals surface area contributed by atoms with Gasteiger partial charge in [-0.3, -0.25) is 9.36 Å². The van der Waals surface area contributed by atoms with E-state index in [0.29, 0.717) is 23.2 Å². The molecule has 1 saturated heterocycles. The topological polar surface area (TPSA) is 72.3 Å². The second kappa shape index (κ2) is 10.7. The number of carbonyl (C=O) groups is 1. The van der Waals surface area contributed by atoms with Crippen molar-refractivity contribution in [1.29, 1.82) is 0 Å². The summed E-state index contributed by atoms with van der Waals surface area (Å²) in [6.07, 6.45) is 3.56. The minimum atomic E-state index is -0.373. The highest BCUT2D eigenvalue weighted by molar-refractivity contribution is 8.00. The zero-order valence-electron chi connectivity index (χ0n) is 19.5. The number of benzene rings is 2. The molecule has 0 saturated carbocycles. The maximum Gasteiger partial charge on any atom is 0.237 e. The number of amides is 1. The summed E-state index contributed by atoms with van der Waals surface area (Å²) < 4.78 is 7.72. The van der Waals surface area contributed by atoms with E-state index < -0.39 is 0 Å². The third-order valence-corrected chi connectivity index (χ3v) is 6.69. The van der Waals surface area contributed by atoms with Crippen LogP contribution in [0.2, 0.25) is 0 Å². The van der Waals surface area contributed by atoms with Gasteiger partial charge in [0.2, 0.25) is 11.9 Å². The number of hydrogen-bond donors (Lipinski definition) is 1. The predicted molar refractivity (Wildman–Crippen MR) is 134 cm³/mol. The van der Waals surface area contributed by atoms with Crippen LogP contribution in [-0.2, 0) is 4.79 Å². The summed E-state index contributed by atoms with van der Waals surface area (Å²) in [4.78, 5) is 15.3. The molecule has 174 valence electrons. The molecule has 2 heterocycles. The zero-order valence-corrected chi connectivity index (χ0v) is 20.3. The molecule has 1 aliphatic heterocycles. The summed E-state index contributed by atoms with van der Waals surface area (Å²) in [6.45, 7) is 8.37. The van der Waals surface area contributed by atoms with Gasteiger partial charge >= 0.3 is 0 Å². The van der Waals surface area contributed by atoms with Crippen molar-refractivity contribution in [2.24, 2.45) is 0 Å². The third-order valence-electron chi connectivity index (χ3n) is 5.64. The Kier molecular flexibility index (Phi) is 7.54. The maximum atomic E-state index is 13.0. The molecule has 0 radical (unpaired) electrons. The van der Waals surface area contributed by atoms with E-state index in [4.69, 9.17) is 4.74 Å².